The van der Waals surface area contributed by atoms with E-state index in [2.05, 4.69) is 16.2 Å². The van der Waals surface area contributed by atoms with E-state index in [0.29, 0.717) is 5.69 Å². The summed E-state index contributed by atoms with van der Waals surface area (Å²) in [5.74, 6) is 2.43. The van der Waals surface area contributed by atoms with Crippen molar-refractivity contribution in [2.45, 2.75) is 13.0 Å². The lowest BCUT2D eigenvalue weighted by Crippen LogP contribution is -2.13. The number of hydrogen-bond donors (Lipinski definition) is 1. The van der Waals surface area contributed by atoms with Crippen LogP contribution in [0.1, 0.15) is 6.92 Å². The number of hydrogen-bond acceptors (Lipinski definition) is 4. The summed E-state index contributed by atoms with van der Waals surface area (Å²) in [7, 11) is 0. The van der Waals surface area contributed by atoms with E-state index in [-0.39, 0.29) is 11.7 Å². The molecular weight excluding hydrogens is 182 g/mol. The molecule has 5 heteroatoms. The van der Waals surface area contributed by atoms with Crippen molar-refractivity contribution in [1.82, 2.24) is 4.98 Å². The van der Waals surface area contributed by atoms with Crippen molar-refractivity contribution >= 4 is 11.4 Å². The van der Waals surface area contributed by atoms with Crippen molar-refractivity contribution in [2.75, 3.05) is 5.32 Å². The fourth-order valence-corrected chi connectivity index (χ4v) is 0.929. The van der Waals surface area contributed by atoms with Crippen molar-refractivity contribution < 1.29 is 4.92 Å². The highest BCUT2D eigenvalue weighted by atomic mass is 16.6. The number of terminal acetylenes is 1. The van der Waals surface area contributed by atoms with Gasteiger partial charge in [-0.3, -0.25) is 15.1 Å². The van der Waals surface area contributed by atoms with Gasteiger partial charge in [0.25, 0.3) is 0 Å². The first-order valence-electron chi connectivity index (χ1n) is 3.96. The molecule has 0 aliphatic carbocycles. The van der Waals surface area contributed by atoms with Gasteiger partial charge in [-0.1, -0.05) is 5.92 Å². The van der Waals surface area contributed by atoms with Gasteiger partial charge in [-0.15, -0.1) is 6.42 Å². The molecule has 1 atom stereocenters. The zero-order chi connectivity index (χ0) is 10.6. The van der Waals surface area contributed by atoms with Gasteiger partial charge in [0.15, 0.2) is 0 Å². The predicted octanol–water partition coefficient (Wildman–Crippen LogP) is 1.42. The Balaban J connectivity index is 2.97. The number of rotatable bonds is 3. The Morgan fingerprint density at radius 2 is 2.50 bits per heavy atom. The minimum atomic E-state index is -0.501. The third kappa shape index (κ3) is 2.20. The summed E-state index contributed by atoms with van der Waals surface area (Å²) in [6.45, 7) is 1.74. The molecular formula is C9H9N3O2. The van der Waals surface area contributed by atoms with Crippen molar-refractivity contribution in [3.8, 4) is 12.3 Å². The highest BCUT2D eigenvalue weighted by Gasteiger charge is 2.13. The molecule has 0 spiro atoms. The maximum atomic E-state index is 10.6. The van der Waals surface area contributed by atoms with E-state index < -0.39 is 4.92 Å². The number of aromatic nitrogens is 1. The highest BCUT2D eigenvalue weighted by molar-refractivity contribution is 5.60. The Kier molecular flexibility index (Phi) is 3.02. The molecule has 5 nitrogen and oxygen atoms in total. The predicted molar refractivity (Wildman–Crippen MR) is 52.8 cm³/mol. The summed E-state index contributed by atoms with van der Waals surface area (Å²) >= 11 is 0. The summed E-state index contributed by atoms with van der Waals surface area (Å²) < 4.78 is 0. The van der Waals surface area contributed by atoms with Gasteiger partial charge >= 0.3 is 5.69 Å². The van der Waals surface area contributed by atoms with Gasteiger partial charge < -0.3 is 5.32 Å². The standard InChI is InChI=1S/C9H9N3O2/c1-3-7(2)11-8-4-5-10-6-9(8)12(13)14/h1,4-7H,2H3,(H,10,11). The molecule has 0 radical (unpaired) electrons. The molecule has 72 valence electrons. The summed E-state index contributed by atoms with van der Waals surface area (Å²) in [6, 6.07) is 1.27. The number of anilines is 1. The Morgan fingerprint density at radius 3 is 3.07 bits per heavy atom. The maximum Gasteiger partial charge on any atom is 0.310 e. The molecule has 0 saturated heterocycles. The molecule has 1 unspecified atom stereocenters. The summed E-state index contributed by atoms with van der Waals surface area (Å²) in [4.78, 5) is 13.7. The molecule has 1 heterocycles. The second-order valence-electron chi connectivity index (χ2n) is 2.68. The van der Waals surface area contributed by atoms with Crippen LogP contribution in [0.3, 0.4) is 0 Å². The van der Waals surface area contributed by atoms with Gasteiger partial charge in [-0.25, -0.2) is 0 Å². The molecule has 0 bridgehead atoms. The van der Waals surface area contributed by atoms with Crippen LogP contribution in [-0.2, 0) is 0 Å². The van der Waals surface area contributed by atoms with Gasteiger partial charge in [0.05, 0.1) is 11.0 Å². The molecule has 1 N–H and O–H groups in total. The summed E-state index contributed by atoms with van der Waals surface area (Å²) in [6.07, 6.45) is 7.80. The Labute approximate surface area is 81.3 Å². The molecule has 0 fully saturated rings. The lowest BCUT2D eigenvalue weighted by Gasteiger charge is -2.08. The van der Waals surface area contributed by atoms with E-state index in [1.165, 1.54) is 18.5 Å². The summed E-state index contributed by atoms with van der Waals surface area (Å²) in [5.41, 5.74) is 0.310. The molecule has 1 aromatic heterocycles. The second-order valence-corrected chi connectivity index (χ2v) is 2.68. The van der Waals surface area contributed by atoms with Crippen LogP contribution in [-0.4, -0.2) is 15.9 Å². The van der Waals surface area contributed by atoms with Crippen LogP contribution in [0.4, 0.5) is 11.4 Å². The van der Waals surface area contributed by atoms with E-state index in [1.54, 1.807) is 6.92 Å². The number of nitro groups is 1. The van der Waals surface area contributed by atoms with Gasteiger partial charge in [0, 0.05) is 6.20 Å². The van der Waals surface area contributed by atoms with E-state index in [1.807, 2.05) is 0 Å². The quantitative estimate of drug-likeness (QED) is 0.445. The van der Waals surface area contributed by atoms with Crippen LogP contribution < -0.4 is 5.32 Å². The maximum absolute atomic E-state index is 10.6. The third-order valence-corrected chi connectivity index (χ3v) is 1.62. The molecule has 14 heavy (non-hydrogen) atoms. The average Bonchev–Trinajstić information content (AvgIpc) is 2.18. The molecule has 0 amide bonds. The zero-order valence-electron chi connectivity index (χ0n) is 7.60. The van der Waals surface area contributed by atoms with Crippen LogP contribution in [0.25, 0.3) is 0 Å². The highest BCUT2D eigenvalue weighted by Crippen LogP contribution is 2.22. The fourth-order valence-electron chi connectivity index (χ4n) is 0.929. The SMILES string of the molecule is C#CC(C)Nc1ccncc1[N+](=O)[O-]. The lowest BCUT2D eigenvalue weighted by atomic mass is 10.3. The molecule has 0 aromatic carbocycles. The molecule has 1 rings (SSSR count). The Bertz CT molecular complexity index is 384. The second kappa shape index (κ2) is 4.23. The Hall–Kier alpha value is -2.09. The smallest absolute Gasteiger partial charge is 0.310 e. The number of nitrogens with zero attached hydrogens (tertiary/aromatic N) is 2. The minimum Gasteiger partial charge on any atom is -0.366 e. The number of pyridine rings is 1. The largest absolute Gasteiger partial charge is 0.366 e. The lowest BCUT2D eigenvalue weighted by molar-refractivity contribution is -0.384. The van der Waals surface area contributed by atoms with Crippen molar-refractivity contribution in [2.24, 2.45) is 0 Å². The molecule has 0 aliphatic rings. The first-order valence-corrected chi connectivity index (χ1v) is 3.96. The van der Waals surface area contributed by atoms with Gasteiger partial charge in [-0.2, -0.15) is 0 Å². The Morgan fingerprint density at radius 1 is 1.79 bits per heavy atom. The van der Waals surface area contributed by atoms with Crippen LogP contribution in [0.5, 0.6) is 0 Å². The molecule has 1 aromatic rings. The van der Waals surface area contributed by atoms with Crippen LogP contribution >= 0.6 is 0 Å². The van der Waals surface area contributed by atoms with E-state index >= 15 is 0 Å². The van der Waals surface area contributed by atoms with Crippen LogP contribution in [0.15, 0.2) is 18.5 Å². The third-order valence-electron chi connectivity index (χ3n) is 1.62. The van der Waals surface area contributed by atoms with Crippen molar-refractivity contribution in [1.29, 1.82) is 0 Å². The zero-order valence-corrected chi connectivity index (χ0v) is 7.60. The van der Waals surface area contributed by atoms with Gasteiger partial charge in [-0.05, 0) is 13.0 Å². The summed E-state index contributed by atoms with van der Waals surface area (Å²) in [5, 5.41) is 13.4. The minimum absolute atomic E-state index is 0.0744. The van der Waals surface area contributed by atoms with Crippen molar-refractivity contribution in [3.05, 3.63) is 28.6 Å². The van der Waals surface area contributed by atoms with Gasteiger partial charge in [0.2, 0.25) is 0 Å². The van der Waals surface area contributed by atoms with Crippen LogP contribution in [0, 0.1) is 22.5 Å². The normalized spacial score (nSPS) is 11.4. The van der Waals surface area contributed by atoms with E-state index in [9.17, 15) is 10.1 Å². The monoisotopic (exact) mass is 191 g/mol. The first-order chi connectivity index (χ1) is 6.65. The van der Waals surface area contributed by atoms with Crippen molar-refractivity contribution in [3.63, 3.8) is 0 Å². The molecule has 0 aliphatic heterocycles. The topological polar surface area (TPSA) is 68.1 Å². The first kappa shape index (κ1) is 9.99. The van der Waals surface area contributed by atoms with E-state index in [4.69, 9.17) is 6.42 Å². The van der Waals surface area contributed by atoms with Crippen LogP contribution in [0.2, 0.25) is 0 Å². The fraction of sp³-hybridized carbons (Fsp3) is 0.222. The van der Waals surface area contributed by atoms with E-state index in [0.717, 1.165) is 0 Å². The average molecular weight is 191 g/mol. The number of nitrogens with one attached hydrogen (secondary N) is 1. The molecule has 0 saturated carbocycles. The van der Waals surface area contributed by atoms with Gasteiger partial charge in [0.1, 0.15) is 11.9 Å².